The second-order valence-corrected chi connectivity index (χ2v) is 6.21. The number of fused-ring (bicyclic) bond motifs is 1. The third kappa shape index (κ3) is 6.41. The van der Waals surface area contributed by atoms with Gasteiger partial charge in [-0.3, -0.25) is 14.6 Å². The number of carbonyl (C=O) groups excluding carboxylic acids is 3. The number of carbonyl (C=O) groups is 4. The van der Waals surface area contributed by atoms with E-state index in [1.807, 2.05) is 0 Å². The molecule has 2 aromatic rings. The molecule has 2 aromatic carbocycles. The molecule has 148 valence electrons. The number of hydrogen-bond donors (Lipinski definition) is 1. The van der Waals surface area contributed by atoms with Crippen molar-refractivity contribution >= 4 is 35.3 Å². The largest absolute Gasteiger partial charge is 1.00 e. The van der Waals surface area contributed by atoms with Gasteiger partial charge in [0.1, 0.15) is 6.04 Å². The second kappa shape index (κ2) is 12.5. The molecule has 1 aliphatic rings. The quantitative estimate of drug-likeness (QED) is 0.182. The monoisotopic (exact) mass is 472 g/mol. The summed E-state index contributed by atoms with van der Waals surface area (Å²) in [6.45, 7) is 0. The first-order valence-corrected chi connectivity index (χ1v) is 8.56. The fourth-order valence-corrected chi connectivity index (χ4v) is 2.97. The number of anilines is 1. The van der Waals surface area contributed by atoms with E-state index in [1.54, 1.807) is 12.1 Å². The van der Waals surface area contributed by atoms with Crippen molar-refractivity contribution < 1.29 is 137 Å². The molecule has 1 atom stereocenters. The molecule has 0 saturated carbocycles. The van der Waals surface area contributed by atoms with Crippen molar-refractivity contribution in [2.45, 2.75) is 18.9 Å². The molecule has 0 radical (unpaired) electrons. The van der Waals surface area contributed by atoms with Crippen LogP contribution < -0.4 is 118 Å². The summed E-state index contributed by atoms with van der Waals surface area (Å²) in [5, 5.41) is 32.4. The van der Waals surface area contributed by atoms with Crippen LogP contribution in [0, 0.1) is 0 Å². The van der Waals surface area contributed by atoms with Crippen molar-refractivity contribution in [3.05, 3.63) is 65.2 Å². The number of hydrogen-bond acceptors (Lipinski definition) is 7. The molecular formula is C20H14K2N2O7. The van der Waals surface area contributed by atoms with E-state index < -0.39 is 48.5 Å². The third-order valence-corrected chi connectivity index (χ3v) is 4.35. The van der Waals surface area contributed by atoms with Crippen LogP contribution in [-0.4, -0.2) is 40.8 Å². The van der Waals surface area contributed by atoms with Crippen molar-refractivity contribution in [2.75, 3.05) is 4.90 Å². The zero-order valence-corrected chi connectivity index (χ0v) is 23.1. The van der Waals surface area contributed by atoms with Crippen LogP contribution >= 0.6 is 0 Å². The number of rotatable bonds is 7. The fourth-order valence-electron chi connectivity index (χ4n) is 2.97. The molecule has 0 aromatic heterocycles. The summed E-state index contributed by atoms with van der Waals surface area (Å²) in [6, 6.07) is 10.3. The Bertz CT molecular complexity index is 1020. The predicted molar refractivity (Wildman–Crippen MR) is 96.2 cm³/mol. The summed E-state index contributed by atoms with van der Waals surface area (Å²) in [4.78, 5) is 51.7. The molecule has 2 amide bonds. The van der Waals surface area contributed by atoms with E-state index in [0.29, 0.717) is 0 Å². The first kappa shape index (κ1) is 28.3. The van der Waals surface area contributed by atoms with Gasteiger partial charge in [-0.15, -0.1) is 0 Å². The van der Waals surface area contributed by atoms with Gasteiger partial charge in [0, 0.05) is 11.5 Å². The minimum atomic E-state index is -1.60. The van der Waals surface area contributed by atoms with Gasteiger partial charge in [0.2, 0.25) is 0 Å². The molecule has 9 nitrogen and oxygen atoms in total. The molecule has 0 fully saturated rings. The minimum Gasteiger partial charge on any atom is -0.858 e. The molecule has 0 aliphatic carbocycles. The normalized spacial score (nSPS) is 13.7. The molecule has 1 unspecified atom stereocenters. The fraction of sp³-hybridized carbons (Fsp3) is 0.150. The van der Waals surface area contributed by atoms with E-state index in [9.17, 15) is 34.5 Å². The van der Waals surface area contributed by atoms with Crippen molar-refractivity contribution in [1.29, 1.82) is 0 Å². The smallest absolute Gasteiger partial charge is 0.858 e. The van der Waals surface area contributed by atoms with Gasteiger partial charge in [0.05, 0.1) is 16.8 Å². The van der Waals surface area contributed by atoms with Gasteiger partial charge < -0.3 is 20.1 Å². The summed E-state index contributed by atoms with van der Waals surface area (Å²) in [5.74, 6) is -5.15. The maximum Gasteiger partial charge on any atom is 1.00 e. The van der Waals surface area contributed by atoms with Gasteiger partial charge in [0.15, 0.2) is 0 Å². The average molecular weight is 473 g/mol. The van der Waals surface area contributed by atoms with Crippen LogP contribution in [0.25, 0.3) is 0 Å². The molecule has 0 saturated heterocycles. The Morgan fingerprint density at radius 2 is 1.45 bits per heavy atom. The number of para-hydroxylation sites is 1. The zero-order valence-electron chi connectivity index (χ0n) is 16.9. The Balaban J connectivity index is 0.00000240. The molecule has 11 heteroatoms. The first-order chi connectivity index (χ1) is 13.8. The first-order valence-electron chi connectivity index (χ1n) is 8.56. The van der Waals surface area contributed by atoms with Gasteiger partial charge in [-0.1, -0.05) is 30.3 Å². The third-order valence-electron chi connectivity index (χ3n) is 4.35. The standard InChI is InChI=1S/C20H16N2O7.2K/c23-16(24)10-9-14(20(28)29)21-17(25)13-7-3-4-8-15(13)22-18(26)11-5-1-2-6-12(11)19(22)27;;/h1-8,14H,9-10H2,(H,21,25)(H,23,24)(H,28,29);;/q;2*+1/p-2. The van der Waals surface area contributed by atoms with E-state index in [-0.39, 0.29) is 125 Å². The number of carboxylic acid groups (broad SMARTS) is 2. The molecule has 3 rings (SSSR count). The van der Waals surface area contributed by atoms with Gasteiger partial charge >= 0.3 is 109 Å². The Labute approximate surface area is 262 Å². The number of aliphatic imine (C=N–C) groups is 1. The molecule has 0 bridgehead atoms. The van der Waals surface area contributed by atoms with E-state index in [4.69, 9.17) is 0 Å². The summed E-state index contributed by atoms with van der Waals surface area (Å²) >= 11 is 0. The van der Waals surface area contributed by atoms with E-state index in [2.05, 4.69) is 4.99 Å². The van der Waals surface area contributed by atoms with Gasteiger partial charge in [-0.2, -0.15) is 0 Å². The minimum absolute atomic E-state index is 0. The topological polar surface area (TPSA) is 150 Å². The van der Waals surface area contributed by atoms with E-state index in [0.717, 1.165) is 4.90 Å². The summed E-state index contributed by atoms with van der Waals surface area (Å²) in [7, 11) is 0. The SMILES string of the molecule is O=C([O-])CCC(N=C([O-])c1ccccc1N1C(=O)c2ccccc2C1=O)C(=O)O.[K+].[K+]. The molecule has 31 heavy (non-hydrogen) atoms. The zero-order chi connectivity index (χ0) is 21.1. The van der Waals surface area contributed by atoms with Crippen molar-refractivity contribution in [3.63, 3.8) is 0 Å². The maximum absolute atomic E-state index is 12.7. The summed E-state index contributed by atoms with van der Waals surface area (Å²) in [6.07, 6.45) is -1.02. The van der Waals surface area contributed by atoms with Crippen LogP contribution in [0.4, 0.5) is 5.69 Å². The molecular weight excluding hydrogens is 458 g/mol. The Kier molecular flexibility index (Phi) is 11.4. The van der Waals surface area contributed by atoms with Gasteiger partial charge in [-0.25, -0.2) is 9.69 Å². The number of benzene rings is 2. The molecule has 1 N–H and O–H groups in total. The number of carboxylic acids is 2. The van der Waals surface area contributed by atoms with Crippen LogP contribution in [0.1, 0.15) is 39.1 Å². The Morgan fingerprint density at radius 3 is 1.97 bits per heavy atom. The number of imide groups is 1. The number of aliphatic carboxylic acids is 2. The Morgan fingerprint density at radius 1 is 0.935 bits per heavy atom. The van der Waals surface area contributed by atoms with Crippen molar-refractivity contribution in [3.8, 4) is 0 Å². The average Bonchev–Trinajstić information content (AvgIpc) is 2.95. The van der Waals surface area contributed by atoms with Gasteiger partial charge in [-0.05, 0) is 36.9 Å². The van der Waals surface area contributed by atoms with Crippen LogP contribution in [0.5, 0.6) is 0 Å². The van der Waals surface area contributed by atoms with Crippen LogP contribution in [0.15, 0.2) is 53.5 Å². The van der Waals surface area contributed by atoms with E-state index in [1.165, 1.54) is 36.4 Å². The van der Waals surface area contributed by atoms with Gasteiger partial charge in [0.25, 0.3) is 11.8 Å². The predicted octanol–water partition coefficient (Wildman–Crippen LogP) is -6.41. The molecule has 0 spiro atoms. The van der Waals surface area contributed by atoms with Crippen LogP contribution in [-0.2, 0) is 9.59 Å². The molecule has 1 aliphatic heterocycles. The Hall–Kier alpha value is -0.737. The maximum atomic E-state index is 12.7. The summed E-state index contributed by atoms with van der Waals surface area (Å²) < 4.78 is 0. The van der Waals surface area contributed by atoms with Crippen LogP contribution in [0.2, 0.25) is 0 Å². The second-order valence-electron chi connectivity index (χ2n) is 6.21. The molecule has 1 heterocycles. The summed E-state index contributed by atoms with van der Waals surface area (Å²) in [5.41, 5.74) is 0.196. The number of amides is 2. The van der Waals surface area contributed by atoms with Crippen LogP contribution in [0.3, 0.4) is 0 Å². The van der Waals surface area contributed by atoms with E-state index >= 15 is 0 Å². The van der Waals surface area contributed by atoms with Crippen molar-refractivity contribution in [1.82, 2.24) is 0 Å². The number of nitrogens with zero attached hydrogens (tertiary/aromatic N) is 2. The van der Waals surface area contributed by atoms with Crippen molar-refractivity contribution in [2.24, 2.45) is 4.99 Å².